The lowest BCUT2D eigenvalue weighted by Crippen LogP contribution is -2.54. The molecular weight excluding hydrogens is 240 g/mol. The van der Waals surface area contributed by atoms with E-state index in [9.17, 15) is 9.90 Å². The normalized spacial score (nSPS) is 23.6. The molecule has 0 aliphatic carbocycles. The number of anilines is 1. The summed E-state index contributed by atoms with van der Waals surface area (Å²) in [6.07, 6.45) is 0.660. The fourth-order valence-corrected chi connectivity index (χ4v) is 2.82. The first-order valence-electron chi connectivity index (χ1n) is 6.76. The van der Waals surface area contributed by atoms with Crippen LogP contribution >= 0.6 is 0 Å². The second-order valence-corrected chi connectivity index (χ2v) is 5.52. The minimum atomic E-state index is -0.213. The Bertz CT molecular complexity index is 459. The van der Waals surface area contributed by atoms with Crippen molar-refractivity contribution in [1.29, 1.82) is 0 Å². The van der Waals surface area contributed by atoms with Crippen molar-refractivity contribution in [2.75, 3.05) is 18.6 Å². The molecule has 2 atom stereocenters. The van der Waals surface area contributed by atoms with E-state index < -0.39 is 0 Å². The SMILES string of the molecule is CC(C)[C@@H]1C(=O)N[C@@H](CO)Cc2ccccc2N1C. The van der Waals surface area contributed by atoms with Gasteiger partial charge >= 0.3 is 0 Å². The molecule has 0 unspecified atom stereocenters. The van der Waals surface area contributed by atoms with Crippen molar-refractivity contribution in [3.63, 3.8) is 0 Å². The summed E-state index contributed by atoms with van der Waals surface area (Å²) in [7, 11) is 1.96. The van der Waals surface area contributed by atoms with Crippen LogP contribution in [0.1, 0.15) is 19.4 Å². The van der Waals surface area contributed by atoms with E-state index in [-0.39, 0.29) is 30.5 Å². The fourth-order valence-electron chi connectivity index (χ4n) is 2.82. The number of fused-ring (bicyclic) bond motifs is 1. The number of likely N-dealkylation sites (N-methyl/N-ethyl adjacent to an activating group) is 1. The molecule has 0 aromatic heterocycles. The second-order valence-electron chi connectivity index (χ2n) is 5.52. The average Bonchev–Trinajstić information content (AvgIpc) is 2.36. The van der Waals surface area contributed by atoms with Gasteiger partial charge in [-0.05, 0) is 24.0 Å². The van der Waals surface area contributed by atoms with Crippen LogP contribution in [-0.4, -0.2) is 36.8 Å². The Morgan fingerprint density at radius 1 is 1.42 bits per heavy atom. The van der Waals surface area contributed by atoms with Gasteiger partial charge in [-0.1, -0.05) is 32.0 Å². The van der Waals surface area contributed by atoms with Crippen molar-refractivity contribution in [3.8, 4) is 0 Å². The molecule has 1 aliphatic rings. The predicted octanol–water partition coefficient (Wildman–Crippen LogP) is 1.18. The summed E-state index contributed by atoms with van der Waals surface area (Å²) < 4.78 is 0. The smallest absolute Gasteiger partial charge is 0.243 e. The number of rotatable bonds is 2. The number of amides is 1. The number of aliphatic hydroxyl groups excluding tert-OH is 1. The average molecular weight is 262 g/mol. The Morgan fingerprint density at radius 3 is 2.74 bits per heavy atom. The lowest BCUT2D eigenvalue weighted by atomic mass is 9.95. The highest BCUT2D eigenvalue weighted by Crippen LogP contribution is 2.26. The number of benzene rings is 1. The molecule has 0 saturated carbocycles. The van der Waals surface area contributed by atoms with E-state index in [2.05, 4.69) is 11.4 Å². The van der Waals surface area contributed by atoms with Crippen molar-refractivity contribution in [2.24, 2.45) is 5.92 Å². The summed E-state index contributed by atoms with van der Waals surface area (Å²) >= 11 is 0. The Morgan fingerprint density at radius 2 is 2.11 bits per heavy atom. The summed E-state index contributed by atoms with van der Waals surface area (Å²) in [4.78, 5) is 14.4. The summed E-state index contributed by atoms with van der Waals surface area (Å²) in [5, 5.41) is 12.4. The Hall–Kier alpha value is -1.55. The molecular formula is C15H22N2O2. The van der Waals surface area contributed by atoms with Crippen LogP contribution in [0.2, 0.25) is 0 Å². The number of nitrogens with zero attached hydrogens (tertiary/aromatic N) is 1. The zero-order valence-electron chi connectivity index (χ0n) is 11.8. The molecule has 0 bridgehead atoms. The number of aliphatic hydroxyl groups is 1. The first-order valence-corrected chi connectivity index (χ1v) is 6.76. The number of para-hydroxylation sites is 1. The van der Waals surface area contributed by atoms with Gasteiger partial charge in [0.15, 0.2) is 0 Å². The zero-order chi connectivity index (χ0) is 14.0. The molecule has 1 aliphatic heterocycles. The van der Waals surface area contributed by atoms with E-state index in [1.807, 2.05) is 44.0 Å². The summed E-state index contributed by atoms with van der Waals surface area (Å²) in [6.45, 7) is 4.05. The first kappa shape index (κ1) is 13.9. The maximum absolute atomic E-state index is 12.3. The van der Waals surface area contributed by atoms with Crippen molar-refractivity contribution in [3.05, 3.63) is 29.8 Å². The van der Waals surface area contributed by atoms with Crippen molar-refractivity contribution < 1.29 is 9.90 Å². The molecule has 1 aromatic carbocycles. The number of hydrogen-bond acceptors (Lipinski definition) is 3. The fraction of sp³-hybridized carbons (Fsp3) is 0.533. The van der Waals surface area contributed by atoms with E-state index in [4.69, 9.17) is 0 Å². The molecule has 0 radical (unpaired) electrons. The third-order valence-corrected chi connectivity index (χ3v) is 3.72. The van der Waals surface area contributed by atoms with Gasteiger partial charge in [0, 0.05) is 12.7 Å². The van der Waals surface area contributed by atoms with Gasteiger partial charge in [0.2, 0.25) is 5.91 Å². The zero-order valence-corrected chi connectivity index (χ0v) is 11.8. The maximum atomic E-state index is 12.3. The molecule has 4 nitrogen and oxygen atoms in total. The third kappa shape index (κ3) is 2.73. The number of hydrogen-bond donors (Lipinski definition) is 2. The van der Waals surface area contributed by atoms with Crippen LogP contribution in [0.5, 0.6) is 0 Å². The topological polar surface area (TPSA) is 52.6 Å². The van der Waals surface area contributed by atoms with Gasteiger partial charge in [-0.2, -0.15) is 0 Å². The van der Waals surface area contributed by atoms with Crippen molar-refractivity contribution in [2.45, 2.75) is 32.4 Å². The molecule has 0 fully saturated rings. The van der Waals surface area contributed by atoms with Gasteiger partial charge in [-0.15, -0.1) is 0 Å². The molecule has 1 heterocycles. The van der Waals surface area contributed by atoms with Gasteiger partial charge in [0.25, 0.3) is 0 Å². The quantitative estimate of drug-likeness (QED) is 0.841. The predicted molar refractivity (Wildman–Crippen MR) is 76.2 cm³/mol. The van der Waals surface area contributed by atoms with Crippen molar-refractivity contribution >= 4 is 11.6 Å². The van der Waals surface area contributed by atoms with E-state index >= 15 is 0 Å². The van der Waals surface area contributed by atoms with Crippen LogP contribution < -0.4 is 10.2 Å². The molecule has 1 aromatic rings. The summed E-state index contributed by atoms with van der Waals surface area (Å²) in [5.41, 5.74) is 2.24. The standard InChI is InChI=1S/C15H22N2O2/c1-10(2)14-15(19)16-12(9-18)8-11-6-4-5-7-13(11)17(14)3/h4-7,10,12,14,18H,8-9H2,1-3H3,(H,16,19)/t12-,14-/m1/s1. The van der Waals surface area contributed by atoms with Crippen LogP contribution in [0.15, 0.2) is 24.3 Å². The van der Waals surface area contributed by atoms with Gasteiger partial charge in [0.05, 0.1) is 12.6 Å². The monoisotopic (exact) mass is 262 g/mol. The number of nitrogens with one attached hydrogen (secondary N) is 1. The van der Waals surface area contributed by atoms with Crippen LogP contribution in [0.3, 0.4) is 0 Å². The van der Waals surface area contributed by atoms with Crippen LogP contribution in [0.4, 0.5) is 5.69 Å². The highest BCUT2D eigenvalue weighted by atomic mass is 16.3. The Labute approximate surface area is 114 Å². The summed E-state index contributed by atoms with van der Waals surface area (Å²) in [5.74, 6) is 0.196. The molecule has 1 amide bonds. The van der Waals surface area contributed by atoms with Gasteiger partial charge in [0.1, 0.15) is 6.04 Å². The number of carbonyl (C=O) groups is 1. The van der Waals surface area contributed by atoms with Gasteiger partial charge < -0.3 is 15.3 Å². The van der Waals surface area contributed by atoms with E-state index in [0.717, 1.165) is 11.3 Å². The van der Waals surface area contributed by atoms with Crippen LogP contribution in [0, 0.1) is 5.92 Å². The molecule has 4 heteroatoms. The minimum Gasteiger partial charge on any atom is -0.394 e. The van der Waals surface area contributed by atoms with Gasteiger partial charge in [-0.3, -0.25) is 4.79 Å². The van der Waals surface area contributed by atoms with E-state index in [1.54, 1.807) is 0 Å². The van der Waals surface area contributed by atoms with Gasteiger partial charge in [-0.25, -0.2) is 0 Å². The third-order valence-electron chi connectivity index (χ3n) is 3.72. The molecule has 2 rings (SSSR count). The van der Waals surface area contributed by atoms with E-state index in [0.29, 0.717) is 6.42 Å². The molecule has 104 valence electrons. The highest BCUT2D eigenvalue weighted by molar-refractivity contribution is 5.86. The lowest BCUT2D eigenvalue weighted by molar-refractivity contribution is -0.124. The first-order chi connectivity index (χ1) is 9.04. The lowest BCUT2D eigenvalue weighted by Gasteiger charge is -2.37. The molecule has 0 saturated heterocycles. The minimum absolute atomic E-state index is 0.00828. The second kappa shape index (κ2) is 5.61. The maximum Gasteiger partial charge on any atom is 0.243 e. The highest BCUT2D eigenvalue weighted by Gasteiger charge is 2.31. The van der Waals surface area contributed by atoms with E-state index in [1.165, 1.54) is 0 Å². The number of carbonyl (C=O) groups excluding carboxylic acids is 1. The van der Waals surface area contributed by atoms with Crippen LogP contribution in [-0.2, 0) is 11.2 Å². The van der Waals surface area contributed by atoms with Crippen molar-refractivity contribution in [1.82, 2.24) is 5.32 Å². The molecule has 2 N–H and O–H groups in total. The Balaban J connectivity index is 2.45. The molecule has 19 heavy (non-hydrogen) atoms. The van der Waals surface area contributed by atoms with Crippen LogP contribution in [0.25, 0.3) is 0 Å². The Kier molecular flexibility index (Phi) is 4.10. The molecule has 0 spiro atoms. The largest absolute Gasteiger partial charge is 0.394 e. The summed E-state index contributed by atoms with van der Waals surface area (Å²) in [6, 6.07) is 7.66.